The van der Waals surface area contributed by atoms with E-state index >= 15 is 0 Å². The zero-order valence-electron chi connectivity index (χ0n) is 8.43. The summed E-state index contributed by atoms with van der Waals surface area (Å²) in [5.41, 5.74) is 1.20. The van der Waals surface area contributed by atoms with Gasteiger partial charge in [0.25, 0.3) is 0 Å². The van der Waals surface area contributed by atoms with Gasteiger partial charge >= 0.3 is 4.87 Å². The summed E-state index contributed by atoms with van der Waals surface area (Å²) in [6.07, 6.45) is 3.50. The maximum absolute atomic E-state index is 11.2. The van der Waals surface area contributed by atoms with Crippen molar-refractivity contribution in [1.29, 1.82) is 0 Å². The van der Waals surface area contributed by atoms with Crippen molar-refractivity contribution in [3.63, 3.8) is 0 Å². The average molecular weight is 212 g/mol. The fraction of sp³-hybridized carbons (Fsp3) is 0.700. The van der Waals surface area contributed by atoms with Crippen molar-refractivity contribution in [2.45, 2.75) is 32.1 Å². The molecule has 1 aliphatic rings. The number of aromatic nitrogens is 1. The molecule has 0 bridgehead atoms. The highest BCUT2D eigenvalue weighted by atomic mass is 32.1. The average Bonchev–Trinajstić information content (AvgIpc) is 2.55. The van der Waals surface area contributed by atoms with E-state index in [1.165, 1.54) is 34.7 Å². The molecule has 4 heteroatoms. The minimum atomic E-state index is 0.110. The Morgan fingerprint density at radius 1 is 1.64 bits per heavy atom. The number of fused-ring (bicyclic) bond motifs is 1. The van der Waals surface area contributed by atoms with Crippen LogP contribution in [-0.2, 0) is 6.42 Å². The molecule has 0 aliphatic heterocycles. The third-order valence-electron chi connectivity index (χ3n) is 2.76. The number of rotatable bonds is 3. The zero-order valence-corrected chi connectivity index (χ0v) is 9.25. The molecule has 0 saturated heterocycles. The van der Waals surface area contributed by atoms with E-state index in [4.69, 9.17) is 0 Å². The SMILES string of the molecule is CCNCC1CCCc2sc(=O)[nH]c21. The summed E-state index contributed by atoms with van der Waals surface area (Å²) in [7, 11) is 0. The van der Waals surface area contributed by atoms with Crippen molar-refractivity contribution in [2.24, 2.45) is 0 Å². The summed E-state index contributed by atoms with van der Waals surface area (Å²) in [6.45, 7) is 4.11. The number of aromatic amines is 1. The Bertz CT molecular complexity index is 355. The summed E-state index contributed by atoms with van der Waals surface area (Å²) < 4.78 is 0. The lowest BCUT2D eigenvalue weighted by atomic mass is 9.91. The largest absolute Gasteiger partial charge is 0.316 e. The number of thiazole rings is 1. The topological polar surface area (TPSA) is 44.9 Å². The van der Waals surface area contributed by atoms with Gasteiger partial charge in [-0.15, -0.1) is 0 Å². The summed E-state index contributed by atoms with van der Waals surface area (Å²) in [4.78, 5) is 15.6. The van der Waals surface area contributed by atoms with Gasteiger partial charge in [-0.2, -0.15) is 0 Å². The molecule has 1 atom stereocenters. The molecular weight excluding hydrogens is 196 g/mol. The molecule has 3 nitrogen and oxygen atoms in total. The van der Waals surface area contributed by atoms with Gasteiger partial charge in [-0.3, -0.25) is 4.79 Å². The molecule has 0 fully saturated rings. The molecule has 14 heavy (non-hydrogen) atoms. The van der Waals surface area contributed by atoms with Gasteiger partial charge in [0, 0.05) is 23.0 Å². The van der Waals surface area contributed by atoms with Crippen molar-refractivity contribution in [3.05, 3.63) is 20.2 Å². The molecular formula is C10H16N2OS. The Kier molecular flexibility index (Phi) is 3.03. The standard InChI is InChI=1S/C10H16N2OS/c1-2-11-6-7-4-3-5-8-9(7)12-10(13)14-8/h7,11H,2-6H2,1H3,(H,12,13). The van der Waals surface area contributed by atoms with Crippen LogP contribution in [0.2, 0.25) is 0 Å². The fourth-order valence-corrected chi connectivity index (χ4v) is 3.02. The third-order valence-corrected chi connectivity index (χ3v) is 3.72. The second-order valence-electron chi connectivity index (χ2n) is 3.75. The van der Waals surface area contributed by atoms with Crippen molar-refractivity contribution in [3.8, 4) is 0 Å². The van der Waals surface area contributed by atoms with Gasteiger partial charge in [-0.25, -0.2) is 0 Å². The van der Waals surface area contributed by atoms with E-state index in [0.717, 1.165) is 19.5 Å². The number of H-pyrrole nitrogens is 1. The van der Waals surface area contributed by atoms with Crippen LogP contribution in [0.4, 0.5) is 0 Å². The Morgan fingerprint density at radius 3 is 3.29 bits per heavy atom. The molecule has 1 aliphatic carbocycles. The normalized spacial score (nSPS) is 20.8. The lowest BCUT2D eigenvalue weighted by Crippen LogP contribution is -2.24. The first-order valence-electron chi connectivity index (χ1n) is 5.24. The molecule has 0 spiro atoms. The molecule has 0 amide bonds. The smallest absolute Gasteiger partial charge is 0.304 e. The predicted octanol–water partition coefficient (Wildman–Crippen LogP) is 1.47. The summed E-state index contributed by atoms with van der Waals surface area (Å²) in [5, 5.41) is 3.35. The highest BCUT2D eigenvalue weighted by Gasteiger charge is 2.22. The Balaban J connectivity index is 2.17. The second kappa shape index (κ2) is 4.28. The van der Waals surface area contributed by atoms with E-state index in [1.807, 2.05) is 0 Å². The molecule has 2 N–H and O–H groups in total. The van der Waals surface area contributed by atoms with E-state index in [0.29, 0.717) is 5.92 Å². The van der Waals surface area contributed by atoms with Crippen LogP contribution in [0.25, 0.3) is 0 Å². The summed E-state index contributed by atoms with van der Waals surface area (Å²) in [6, 6.07) is 0. The van der Waals surface area contributed by atoms with E-state index in [2.05, 4.69) is 17.2 Å². The molecule has 1 aromatic heterocycles. The molecule has 78 valence electrons. The van der Waals surface area contributed by atoms with Crippen molar-refractivity contribution < 1.29 is 0 Å². The van der Waals surface area contributed by atoms with Crippen LogP contribution in [0, 0.1) is 0 Å². The molecule has 1 heterocycles. The molecule has 0 aromatic carbocycles. The minimum absolute atomic E-state index is 0.110. The van der Waals surface area contributed by atoms with Crippen LogP contribution in [0.3, 0.4) is 0 Å². The Labute approximate surface area is 87.6 Å². The van der Waals surface area contributed by atoms with E-state index in [9.17, 15) is 4.79 Å². The number of nitrogens with one attached hydrogen (secondary N) is 2. The molecule has 1 unspecified atom stereocenters. The quantitative estimate of drug-likeness (QED) is 0.797. The fourth-order valence-electron chi connectivity index (χ4n) is 2.06. The number of hydrogen-bond donors (Lipinski definition) is 2. The van der Waals surface area contributed by atoms with E-state index < -0.39 is 0 Å². The first-order chi connectivity index (χ1) is 6.81. The Hall–Kier alpha value is -0.610. The van der Waals surface area contributed by atoms with Gasteiger partial charge in [0.2, 0.25) is 0 Å². The Morgan fingerprint density at radius 2 is 2.50 bits per heavy atom. The van der Waals surface area contributed by atoms with Crippen molar-refractivity contribution in [2.75, 3.05) is 13.1 Å². The van der Waals surface area contributed by atoms with Crippen LogP contribution in [0.1, 0.15) is 36.3 Å². The lowest BCUT2D eigenvalue weighted by Gasteiger charge is -2.21. The third kappa shape index (κ3) is 1.91. The molecule has 2 rings (SSSR count). The van der Waals surface area contributed by atoms with Crippen LogP contribution in [0.5, 0.6) is 0 Å². The summed E-state index contributed by atoms with van der Waals surface area (Å²) >= 11 is 1.39. The van der Waals surface area contributed by atoms with Crippen LogP contribution >= 0.6 is 11.3 Å². The highest BCUT2D eigenvalue weighted by molar-refractivity contribution is 7.09. The van der Waals surface area contributed by atoms with Crippen molar-refractivity contribution >= 4 is 11.3 Å². The van der Waals surface area contributed by atoms with Gasteiger partial charge in [-0.1, -0.05) is 18.3 Å². The minimum Gasteiger partial charge on any atom is -0.316 e. The van der Waals surface area contributed by atoms with Gasteiger partial charge in [0.05, 0.1) is 0 Å². The maximum atomic E-state index is 11.2. The highest BCUT2D eigenvalue weighted by Crippen LogP contribution is 2.30. The second-order valence-corrected chi connectivity index (χ2v) is 4.82. The maximum Gasteiger partial charge on any atom is 0.304 e. The molecule has 0 radical (unpaired) electrons. The van der Waals surface area contributed by atoms with E-state index in [1.54, 1.807) is 0 Å². The molecule has 0 saturated carbocycles. The zero-order chi connectivity index (χ0) is 9.97. The molecule has 1 aromatic rings. The van der Waals surface area contributed by atoms with Gasteiger partial charge in [0.15, 0.2) is 0 Å². The van der Waals surface area contributed by atoms with E-state index in [-0.39, 0.29) is 4.87 Å². The predicted molar refractivity (Wildman–Crippen MR) is 59.2 cm³/mol. The number of likely N-dealkylation sites (N-methyl/N-ethyl adjacent to an activating group) is 1. The van der Waals surface area contributed by atoms with Gasteiger partial charge < -0.3 is 10.3 Å². The van der Waals surface area contributed by atoms with Crippen molar-refractivity contribution in [1.82, 2.24) is 10.3 Å². The number of aryl methyl sites for hydroxylation is 1. The lowest BCUT2D eigenvalue weighted by molar-refractivity contribution is 0.508. The first-order valence-corrected chi connectivity index (χ1v) is 6.05. The monoisotopic (exact) mass is 212 g/mol. The summed E-state index contributed by atoms with van der Waals surface area (Å²) in [5.74, 6) is 0.526. The first kappa shape index (κ1) is 9.93. The van der Waals surface area contributed by atoms with Crippen LogP contribution in [0.15, 0.2) is 4.79 Å². The number of hydrogen-bond acceptors (Lipinski definition) is 3. The van der Waals surface area contributed by atoms with Gasteiger partial charge in [0.1, 0.15) is 0 Å². The van der Waals surface area contributed by atoms with Crippen LogP contribution < -0.4 is 10.2 Å². The van der Waals surface area contributed by atoms with Crippen LogP contribution in [-0.4, -0.2) is 18.1 Å². The van der Waals surface area contributed by atoms with Gasteiger partial charge in [-0.05, 0) is 25.8 Å².